The van der Waals surface area contributed by atoms with Crippen molar-refractivity contribution in [1.82, 2.24) is 4.98 Å². The molecule has 0 atom stereocenters. The fourth-order valence-corrected chi connectivity index (χ4v) is 2.40. The first-order chi connectivity index (χ1) is 12.6. The Bertz CT molecular complexity index is 960. The quantitative estimate of drug-likeness (QED) is 0.670. The Morgan fingerprint density at radius 1 is 1.08 bits per heavy atom. The van der Waals surface area contributed by atoms with E-state index in [4.69, 9.17) is 10.5 Å². The van der Waals surface area contributed by atoms with Crippen molar-refractivity contribution >= 4 is 34.5 Å². The summed E-state index contributed by atoms with van der Waals surface area (Å²) in [6.07, 6.45) is 4.91. The van der Waals surface area contributed by atoms with Crippen molar-refractivity contribution in [3.8, 4) is 5.75 Å². The minimum absolute atomic E-state index is 0.187. The van der Waals surface area contributed by atoms with E-state index in [-0.39, 0.29) is 12.5 Å². The van der Waals surface area contributed by atoms with Gasteiger partial charge in [0.1, 0.15) is 5.75 Å². The van der Waals surface area contributed by atoms with Gasteiger partial charge in [0.05, 0.1) is 5.52 Å². The first kappa shape index (κ1) is 17.2. The van der Waals surface area contributed by atoms with Crippen molar-refractivity contribution in [2.45, 2.75) is 0 Å². The van der Waals surface area contributed by atoms with E-state index in [9.17, 15) is 9.59 Å². The number of amides is 2. The standard InChI is InChI=1S/C20H17N3O3/c21-18(24)13-26-17-9-7-16(8-10-17)23-19(25)11-6-15-4-1-3-14-5-2-12-22-20(14)15/h1-12H,13H2,(H2,21,24)(H,23,25)/b11-6+. The number of rotatable bonds is 6. The number of benzene rings is 2. The number of carbonyl (C=O) groups is 2. The summed E-state index contributed by atoms with van der Waals surface area (Å²) in [5, 5.41) is 3.77. The number of para-hydroxylation sites is 1. The number of ether oxygens (including phenoxy) is 1. The van der Waals surface area contributed by atoms with Gasteiger partial charge < -0.3 is 15.8 Å². The fourth-order valence-electron chi connectivity index (χ4n) is 2.40. The van der Waals surface area contributed by atoms with Crippen LogP contribution in [0.25, 0.3) is 17.0 Å². The molecule has 2 amide bonds. The minimum atomic E-state index is -0.546. The minimum Gasteiger partial charge on any atom is -0.484 e. The van der Waals surface area contributed by atoms with Crippen LogP contribution in [0.2, 0.25) is 0 Å². The molecule has 6 heteroatoms. The second kappa shape index (κ2) is 7.94. The summed E-state index contributed by atoms with van der Waals surface area (Å²) in [6.45, 7) is -0.187. The Morgan fingerprint density at radius 3 is 2.62 bits per heavy atom. The molecule has 6 nitrogen and oxygen atoms in total. The molecule has 0 unspecified atom stereocenters. The maximum atomic E-state index is 12.1. The van der Waals surface area contributed by atoms with Crippen molar-refractivity contribution in [2.75, 3.05) is 11.9 Å². The number of pyridine rings is 1. The number of nitrogens with zero attached hydrogens (tertiary/aromatic N) is 1. The lowest BCUT2D eigenvalue weighted by molar-refractivity contribution is -0.120. The van der Waals surface area contributed by atoms with Crippen molar-refractivity contribution in [3.05, 3.63) is 72.4 Å². The van der Waals surface area contributed by atoms with Crippen LogP contribution in [0.3, 0.4) is 0 Å². The summed E-state index contributed by atoms with van der Waals surface area (Å²) in [7, 11) is 0. The predicted octanol–water partition coefficient (Wildman–Crippen LogP) is 2.75. The SMILES string of the molecule is NC(=O)COc1ccc(NC(=O)/C=C/c2cccc3cccnc23)cc1. The van der Waals surface area contributed by atoms with E-state index in [1.807, 2.05) is 30.3 Å². The Hall–Kier alpha value is -3.67. The lowest BCUT2D eigenvalue weighted by atomic mass is 10.1. The van der Waals surface area contributed by atoms with Gasteiger partial charge in [0.15, 0.2) is 6.61 Å². The monoisotopic (exact) mass is 347 g/mol. The number of hydrogen-bond donors (Lipinski definition) is 2. The van der Waals surface area contributed by atoms with Crippen molar-refractivity contribution in [1.29, 1.82) is 0 Å². The zero-order valence-corrected chi connectivity index (χ0v) is 13.9. The number of anilines is 1. The number of nitrogens with two attached hydrogens (primary N) is 1. The van der Waals surface area contributed by atoms with Gasteiger partial charge >= 0.3 is 0 Å². The van der Waals surface area contributed by atoms with Crippen LogP contribution >= 0.6 is 0 Å². The molecule has 0 aliphatic rings. The van der Waals surface area contributed by atoms with Gasteiger partial charge in [-0.15, -0.1) is 0 Å². The molecular formula is C20H17N3O3. The Kier molecular flexibility index (Phi) is 5.24. The zero-order chi connectivity index (χ0) is 18.4. The van der Waals surface area contributed by atoms with Gasteiger partial charge in [0.25, 0.3) is 5.91 Å². The number of aromatic nitrogens is 1. The Morgan fingerprint density at radius 2 is 1.85 bits per heavy atom. The second-order valence-corrected chi connectivity index (χ2v) is 5.52. The highest BCUT2D eigenvalue weighted by molar-refractivity contribution is 6.03. The Labute approximate surface area is 150 Å². The molecule has 2 aromatic carbocycles. The van der Waals surface area contributed by atoms with Crippen molar-refractivity contribution in [3.63, 3.8) is 0 Å². The molecule has 3 N–H and O–H groups in total. The van der Waals surface area contributed by atoms with E-state index in [1.54, 1.807) is 36.5 Å². The summed E-state index contributed by atoms with van der Waals surface area (Å²) in [4.78, 5) is 27.1. The molecule has 0 saturated heterocycles. The van der Waals surface area contributed by atoms with Gasteiger partial charge in [-0.25, -0.2) is 0 Å². The van der Waals surface area contributed by atoms with E-state index in [0.29, 0.717) is 11.4 Å². The van der Waals surface area contributed by atoms with Gasteiger partial charge in [-0.05, 0) is 36.4 Å². The highest BCUT2D eigenvalue weighted by Gasteiger charge is 2.02. The van der Waals surface area contributed by atoms with E-state index < -0.39 is 5.91 Å². The normalized spacial score (nSPS) is 10.8. The summed E-state index contributed by atoms with van der Waals surface area (Å²) < 4.78 is 5.17. The third-order valence-electron chi connectivity index (χ3n) is 3.58. The lowest BCUT2D eigenvalue weighted by Crippen LogP contribution is -2.20. The van der Waals surface area contributed by atoms with Crippen molar-refractivity contribution < 1.29 is 14.3 Å². The summed E-state index contributed by atoms with van der Waals surface area (Å²) in [6, 6.07) is 16.3. The number of hydrogen-bond acceptors (Lipinski definition) is 4. The second-order valence-electron chi connectivity index (χ2n) is 5.52. The molecule has 130 valence electrons. The molecule has 0 saturated carbocycles. The van der Waals surface area contributed by atoms with Gasteiger partial charge in [-0.2, -0.15) is 0 Å². The lowest BCUT2D eigenvalue weighted by Gasteiger charge is -2.06. The summed E-state index contributed by atoms with van der Waals surface area (Å²) >= 11 is 0. The highest BCUT2D eigenvalue weighted by Crippen LogP contribution is 2.18. The summed E-state index contributed by atoms with van der Waals surface area (Å²) in [5.41, 5.74) is 7.34. The van der Waals surface area contributed by atoms with Gasteiger partial charge in [0.2, 0.25) is 5.91 Å². The van der Waals surface area contributed by atoms with Crippen LogP contribution in [0.1, 0.15) is 5.56 Å². The summed E-state index contributed by atoms with van der Waals surface area (Å²) in [5.74, 6) is -0.307. The molecule has 0 fully saturated rings. The Balaban J connectivity index is 1.65. The molecule has 3 rings (SSSR count). The number of primary amides is 1. The third kappa shape index (κ3) is 4.45. The largest absolute Gasteiger partial charge is 0.484 e. The topological polar surface area (TPSA) is 94.3 Å². The van der Waals surface area contributed by atoms with E-state index >= 15 is 0 Å². The molecule has 0 radical (unpaired) electrons. The van der Waals surface area contributed by atoms with Crippen LogP contribution in [0.4, 0.5) is 5.69 Å². The van der Waals surface area contributed by atoms with Gasteiger partial charge in [-0.1, -0.05) is 24.3 Å². The van der Waals surface area contributed by atoms with E-state index in [2.05, 4.69) is 10.3 Å². The molecule has 0 aliphatic carbocycles. The van der Waals surface area contributed by atoms with E-state index in [0.717, 1.165) is 16.5 Å². The molecule has 1 heterocycles. The smallest absolute Gasteiger partial charge is 0.255 e. The van der Waals surface area contributed by atoms with Crippen LogP contribution in [0.5, 0.6) is 5.75 Å². The molecule has 0 aliphatic heterocycles. The fraction of sp³-hybridized carbons (Fsp3) is 0.0500. The number of carbonyl (C=O) groups excluding carboxylic acids is 2. The third-order valence-corrected chi connectivity index (χ3v) is 3.58. The molecule has 0 bridgehead atoms. The first-order valence-corrected chi connectivity index (χ1v) is 7.96. The number of nitrogens with one attached hydrogen (secondary N) is 1. The predicted molar refractivity (Wildman–Crippen MR) is 101 cm³/mol. The zero-order valence-electron chi connectivity index (χ0n) is 13.9. The molecule has 26 heavy (non-hydrogen) atoms. The molecule has 0 spiro atoms. The first-order valence-electron chi connectivity index (χ1n) is 7.96. The molecule has 1 aromatic heterocycles. The van der Waals surface area contributed by atoms with Crippen LogP contribution in [0.15, 0.2) is 66.9 Å². The molecular weight excluding hydrogens is 330 g/mol. The van der Waals surface area contributed by atoms with Crippen LogP contribution in [0, 0.1) is 0 Å². The number of fused-ring (bicyclic) bond motifs is 1. The highest BCUT2D eigenvalue weighted by atomic mass is 16.5. The van der Waals surface area contributed by atoms with Gasteiger partial charge in [-0.3, -0.25) is 14.6 Å². The maximum Gasteiger partial charge on any atom is 0.255 e. The van der Waals surface area contributed by atoms with Crippen LogP contribution in [-0.4, -0.2) is 23.4 Å². The van der Waals surface area contributed by atoms with Crippen molar-refractivity contribution in [2.24, 2.45) is 5.73 Å². The average Bonchev–Trinajstić information content (AvgIpc) is 2.65. The van der Waals surface area contributed by atoms with E-state index in [1.165, 1.54) is 6.08 Å². The average molecular weight is 347 g/mol. The van der Waals surface area contributed by atoms with Gasteiger partial charge in [0, 0.05) is 28.9 Å². The van der Waals surface area contributed by atoms with Crippen LogP contribution < -0.4 is 15.8 Å². The van der Waals surface area contributed by atoms with Crippen LogP contribution in [-0.2, 0) is 9.59 Å². The maximum absolute atomic E-state index is 12.1. The molecule has 3 aromatic rings.